The molecule has 0 aromatic heterocycles. The molecule has 0 heterocycles. The number of carbonyl (C=O) groups excluding carboxylic acids is 1. The first-order valence-corrected chi connectivity index (χ1v) is 5.65. The van der Waals surface area contributed by atoms with Crippen molar-refractivity contribution in [2.45, 2.75) is 19.4 Å². The number of halogens is 1. The summed E-state index contributed by atoms with van der Waals surface area (Å²) in [6, 6.07) is 3.68. The normalized spacial score (nSPS) is 11.7. The molecular formula is C11H13ClN2O4. The molecule has 98 valence electrons. The van der Waals surface area contributed by atoms with Crippen LogP contribution in [0.2, 0.25) is 5.02 Å². The maximum Gasteiger partial charge on any atom is 0.328 e. The Morgan fingerprint density at radius 3 is 2.72 bits per heavy atom. The first kappa shape index (κ1) is 14.2. The lowest BCUT2D eigenvalue weighted by molar-refractivity contribution is -0.384. The number of methoxy groups -OCH3 is 1. The molecule has 1 atom stereocenters. The van der Waals surface area contributed by atoms with Gasteiger partial charge in [0.25, 0.3) is 5.69 Å². The van der Waals surface area contributed by atoms with Gasteiger partial charge in [-0.25, -0.2) is 4.79 Å². The van der Waals surface area contributed by atoms with E-state index in [4.69, 9.17) is 11.6 Å². The number of hydrogen-bond donors (Lipinski definition) is 1. The second kappa shape index (κ2) is 6.20. The fourth-order valence-corrected chi connectivity index (χ4v) is 1.67. The van der Waals surface area contributed by atoms with Crippen LogP contribution in [0.5, 0.6) is 0 Å². The van der Waals surface area contributed by atoms with Crippen LogP contribution in [-0.2, 0) is 9.53 Å². The van der Waals surface area contributed by atoms with Crippen LogP contribution in [0.25, 0.3) is 0 Å². The molecule has 0 radical (unpaired) electrons. The number of anilines is 1. The maximum absolute atomic E-state index is 11.4. The third kappa shape index (κ3) is 3.33. The SMILES string of the molecule is CCC(Nc1ccc([N+](=O)[O-])c(Cl)c1)C(=O)OC. The number of nitrogens with one attached hydrogen (secondary N) is 1. The van der Waals surface area contributed by atoms with E-state index < -0.39 is 16.9 Å². The summed E-state index contributed by atoms with van der Waals surface area (Å²) in [7, 11) is 1.30. The van der Waals surface area contributed by atoms with Crippen molar-refractivity contribution in [3.63, 3.8) is 0 Å². The Hall–Kier alpha value is -1.82. The van der Waals surface area contributed by atoms with E-state index in [1.165, 1.54) is 25.3 Å². The molecule has 0 aliphatic rings. The number of rotatable bonds is 5. The van der Waals surface area contributed by atoms with Gasteiger partial charge in [0, 0.05) is 11.8 Å². The third-order valence-electron chi connectivity index (χ3n) is 2.38. The van der Waals surface area contributed by atoms with Crippen molar-refractivity contribution in [3.05, 3.63) is 33.3 Å². The summed E-state index contributed by atoms with van der Waals surface area (Å²) in [4.78, 5) is 21.4. The Morgan fingerprint density at radius 2 is 2.28 bits per heavy atom. The van der Waals surface area contributed by atoms with Crippen LogP contribution in [0.3, 0.4) is 0 Å². The highest BCUT2D eigenvalue weighted by Crippen LogP contribution is 2.27. The molecule has 6 nitrogen and oxygen atoms in total. The molecule has 18 heavy (non-hydrogen) atoms. The van der Waals surface area contributed by atoms with Crippen molar-refractivity contribution >= 4 is 28.9 Å². The quantitative estimate of drug-likeness (QED) is 0.506. The fourth-order valence-electron chi connectivity index (χ4n) is 1.42. The van der Waals surface area contributed by atoms with E-state index in [2.05, 4.69) is 10.1 Å². The van der Waals surface area contributed by atoms with Crippen LogP contribution >= 0.6 is 11.6 Å². The Morgan fingerprint density at radius 1 is 1.61 bits per heavy atom. The number of ether oxygens (including phenoxy) is 1. The van der Waals surface area contributed by atoms with E-state index in [0.717, 1.165) is 0 Å². The summed E-state index contributed by atoms with van der Waals surface area (Å²) < 4.78 is 4.62. The average Bonchev–Trinajstić information content (AvgIpc) is 2.34. The summed E-state index contributed by atoms with van der Waals surface area (Å²) >= 11 is 5.77. The Labute approximate surface area is 109 Å². The summed E-state index contributed by atoms with van der Waals surface area (Å²) in [5, 5.41) is 13.5. The summed E-state index contributed by atoms with van der Waals surface area (Å²) in [6.45, 7) is 1.82. The van der Waals surface area contributed by atoms with Gasteiger partial charge in [-0.2, -0.15) is 0 Å². The van der Waals surface area contributed by atoms with Crippen LogP contribution in [0.4, 0.5) is 11.4 Å². The van der Waals surface area contributed by atoms with Gasteiger partial charge in [0.15, 0.2) is 0 Å². The molecule has 0 aliphatic carbocycles. The molecule has 0 spiro atoms. The van der Waals surface area contributed by atoms with Crippen LogP contribution in [-0.4, -0.2) is 24.0 Å². The lowest BCUT2D eigenvalue weighted by Crippen LogP contribution is -2.29. The van der Waals surface area contributed by atoms with Crippen LogP contribution < -0.4 is 5.32 Å². The first-order valence-electron chi connectivity index (χ1n) is 5.27. The third-order valence-corrected chi connectivity index (χ3v) is 2.68. The van der Waals surface area contributed by atoms with Crippen molar-refractivity contribution in [1.82, 2.24) is 0 Å². The Bertz CT molecular complexity index is 464. The van der Waals surface area contributed by atoms with E-state index >= 15 is 0 Å². The molecule has 0 aliphatic heterocycles. The fraction of sp³-hybridized carbons (Fsp3) is 0.364. The molecular weight excluding hydrogens is 260 g/mol. The van der Waals surface area contributed by atoms with Crippen molar-refractivity contribution in [3.8, 4) is 0 Å². The number of nitro benzene ring substituents is 1. The number of hydrogen-bond acceptors (Lipinski definition) is 5. The van der Waals surface area contributed by atoms with Crippen molar-refractivity contribution in [2.75, 3.05) is 12.4 Å². The van der Waals surface area contributed by atoms with Crippen molar-refractivity contribution in [1.29, 1.82) is 0 Å². The van der Waals surface area contributed by atoms with E-state index in [9.17, 15) is 14.9 Å². The summed E-state index contributed by atoms with van der Waals surface area (Å²) in [5.74, 6) is -0.396. The zero-order valence-corrected chi connectivity index (χ0v) is 10.7. The smallest absolute Gasteiger partial charge is 0.328 e. The zero-order valence-electron chi connectivity index (χ0n) is 9.97. The van der Waals surface area contributed by atoms with Gasteiger partial charge < -0.3 is 10.1 Å². The van der Waals surface area contributed by atoms with Crippen LogP contribution in [0.15, 0.2) is 18.2 Å². The predicted molar refractivity (Wildman–Crippen MR) is 67.8 cm³/mol. The number of nitro groups is 1. The first-order chi connectivity index (χ1) is 8.49. The number of nitrogens with zero attached hydrogens (tertiary/aromatic N) is 1. The summed E-state index contributed by atoms with van der Waals surface area (Å²) in [5.41, 5.74) is 0.358. The minimum Gasteiger partial charge on any atom is -0.467 e. The highest BCUT2D eigenvalue weighted by molar-refractivity contribution is 6.32. The lowest BCUT2D eigenvalue weighted by Gasteiger charge is -2.15. The molecule has 0 fully saturated rings. The van der Waals surface area contributed by atoms with Crippen LogP contribution in [0, 0.1) is 10.1 Å². The van der Waals surface area contributed by atoms with Gasteiger partial charge in [-0.05, 0) is 18.6 Å². The number of benzene rings is 1. The van der Waals surface area contributed by atoms with Gasteiger partial charge in [0.1, 0.15) is 11.1 Å². The van der Waals surface area contributed by atoms with Gasteiger partial charge in [-0.3, -0.25) is 10.1 Å². The molecule has 1 aromatic carbocycles. The lowest BCUT2D eigenvalue weighted by atomic mass is 10.2. The van der Waals surface area contributed by atoms with Crippen LogP contribution in [0.1, 0.15) is 13.3 Å². The molecule has 0 amide bonds. The Balaban J connectivity index is 2.88. The largest absolute Gasteiger partial charge is 0.467 e. The molecule has 0 saturated heterocycles. The van der Waals surface area contributed by atoms with E-state index in [1.807, 2.05) is 6.92 Å². The van der Waals surface area contributed by atoms with Gasteiger partial charge in [-0.15, -0.1) is 0 Å². The predicted octanol–water partition coefficient (Wildman–Crippen LogP) is 2.61. The van der Waals surface area contributed by atoms with Gasteiger partial charge in [0.2, 0.25) is 0 Å². The molecule has 1 unspecified atom stereocenters. The molecule has 7 heteroatoms. The topological polar surface area (TPSA) is 81.5 Å². The van der Waals surface area contributed by atoms with Gasteiger partial charge in [-0.1, -0.05) is 18.5 Å². The molecule has 0 bridgehead atoms. The van der Waals surface area contributed by atoms with E-state index in [-0.39, 0.29) is 10.7 Å². The molecule has 0 saturated carbocycles. The number of esters is 1. The number of carbonyl (C=O) groups is 1. The minimum absolute atomic E-state index is 0.0183. The van der Waals surface area contributed by atoms with Crippen molar-refractivity contribution in [2.24, 2.45) is 0 Å². The summed E-state index contributed by atoms with van der Waals surface area (Å²) in [6.07, 6.45) is 0.529. The highest BCUT2D eigenvalue weighted by Gasteiger charge is 2.18. The second-order valence-corrected chi connectivity index (χ2v) is 3.96. The monoisotopic (exact) mass is 272 g/mol. The van der Waals surface area contributed by atoms with Gasteiger partial charge in [0.05, 0.1) is 12.0 Å². The minimum atomic E-state index is -0.566. The molecule has 1 N–H and O–H groups in total. The molecule has 1 aromatic rings. The van der Waals surface area contributed by atoms with Crippen molar-refractivity contribution < 1.29 is 14.5 Å². The second-order valence-electron chi connectivity index (χ2n) is 3.55. The standard InChI is InChI=1S/C11H13ClN2O4/c1-3-9(11(15)18-2)13-7-4-5-10(14(16)17)8(12)6-7/h4-6,9,13H,3H2,1-2H3. The average molecular weight is 273 g/mol. The van der Waals surface area contributed by atoms with E-state index in [1.54, 1.807) is 0 Å². The highest BCUT2D eigenvalue weighted by atomic mass is 35.5. The molecule has 1 rings (SSSR count). The Kier molecular flexibility index (Phi) is 4.91. The zero-order chi connectivity index (χ0) is 13.7. The maximum atomic E-state index is 11.4. The van der Waals surface area contributed by atoms with Gasteiger partial charge >= 0.3 is 5.97 Å². The van der Waals surface area contributed by atoms with E-state index in [0.29, 0.717) is 12.1 Å².